The Kier molecular flexibility index (Phi) is 4.57. The number of carbonyl (C=O) groups excluding carboxylic acids is 1. The van der Waals surface area contributed by atoms with Gasteiger partial charge in [-0.05, 0) is 42.2 Å². The van der Waals surface area contributed by atoms with Crippen molar-refractivity contribution in [2.45, 2.75) is 19.8 Å². The number of amides is 1. The summed E-state index contributed by atoms with van der Waals surface area (Å²) in [4.78, 5) is 12.4. The summed E-state index contributed by atoms with van der Waals surface area (Å²) < 4.78 is 16.7. The van der Waals surface area contributed by atoms with Crippen molar-refractivity contribution in [2.24, 2.45) is 0 Å². The number of hydrogen-bond acceptors (Lipinski definition) is 4. The first kappa shape index (κ1) is 13.6. The summed E-state index contributed by atoms with van der Waals surface area (Å²) in [5.74, 6) is -0.497. The van der Waals surface area contributed by atoms with Gasteiger partial charge in [0.05, 0.1) is 0 Å². The number of hydrogen-bond donors (Lipinski definition) is 1. The van der Waals surface area contributed by atoms with E-state index in [4.69, 9.17) is 0 Å². The van der Waals surface area contributed by atoms with E-state index in [0.29, 0.717) is 22.7 Å². The fourth-order valence-corrected chi connectivity index (χ4v) is 2.20. The molecule has 2 aromatic rings. The van der Waals surface area contributed by atoms with Crippen molar-refractivity contribution in [2.75, 3.05) is 6.54 Å². The molecule has 1 N–H and O–H groups in total. The molecule has 0 saturated carbocycles. The van der Waals surface area contributed by atoms with Gasteiger partial charge in [-0.2, -0.15) is 0 Å². The summed E-state index contributed by atoms with van der Waals surface area (Å²) in [6.07, 6.45) is 1.95. The molecule has 4 nitrogen and oxygen atoms in total. The normalized spacial score (nSPS) is 10.4. The standard InChI is InChI=1S/C13H14FN3OS/c1-2-3-8-15-13(18)12-11(16-17-19-12)9-4-6-10(14)7-5-9/h4-7H,2-3,8H2,1H3,(H,15,18). The molecule has 1 aromatic carbocycles. The number of benzene rings is 1. The van der Waals surface area contributed by atoms with Crippen LogP contribution in [0.5, 0.6) is 0 Å². The number of unbranched alkanes of at least 4 members (excludes halogenated alkanes) is 1. The Bertz CT molecular complexity index is 553. The quantitative estimate of drug-likeness (QED) is 0.856. The van der Waals surface area contributed by atoms with E-state index in [1.807, 2.05) is 0 Å². The van der Waals surface area contributed by atoms with Gasteiger partial charge in [-0.25, -0.2) is 4.39 Å². The van der Waals surface area contributed by atoms with Crippen molar-refractivity contribution in [1.29, 1.82) is 0 Å². The van der Waals surface area contributed by atoms with E-state index >= 15 is 0 Å². The SMILES string of the molecule is CCCCNC(=O)c1snnc1-c1ccc(F)cc1. The van der Waals surface area contributed by atoms with Crippen LogP contribution in [0.3, 0.4) is 0 Å². The minimum atomic E-state index is -0.319. The van der Waals surface area contributed by atoms with Gasteiger partial charge in [-0.15, -0.1) is 5.10 Å². The predicted octanol–water partition coefficient (Wildman–Crippen LogP) is 2.87. The van der Waals surface area contributed by atoms with Gasteiger partial charge in [0.2, 0.25) is 0 Å². The predicted molar refractivity (Wildman–Crippen MR) is 72.5 cm³/mol. The highest BCUT2D eigenvalue weighted by Crippen LogP contribution is 2.23. The molecule has 0 saturated heterocycles. The van der Waals surface area contributed by atoms with Crippen LogP contribution in [0.4, 0.5) is 4.39 Å². The molecule has 2 rings (SSSR count). The molecule has 0 atom stereocenters. The molecule has 19 heavy (non-hydrogen) atoms. The Morgan fingerprint density at radius 2 is 2.11 bits per heavy atom. The molecule has 1 amide bonds. The highest BCUT2D eigenvalue weighted by molar-refractivity contribution is 7.08. The van der Waals surface area contributed by atoms with Crippen LogP contribution in [0, 0.1) is 5.82 Å². The summed E-state index contributed by atoms with van der Waals surface area (Å²) in [6, 6.07) is 5.87. The summed E-state index contributed by atoms with van der Waals surface area (Å²) in [6.45, 7) is 2.69. The second kappa shape index (κ2) is 6.38. The van der Waals surface area contributed by atoms with E-state index in [-0.39, 0.29) is 11.7 Å². The van der Waals surface area contributed by atoms with Gasteiger partial charge in [0, 0.05) is 12.1 Å². The second-order valence-corrected chi connectivity index (χ2v) is 4.82. The zero-order valence-electron chi connectivity index (χ0n) is 10.5. The Labute approximate surface area is 114 Å². The number of carbonyl (C=O) groups is 1. The van der Waals surface area contributed by atoms with Crippen molar-refractivity contribution in [3.63, 3.8) is 0 Å². The minimum Gasteiger partial charge on any atom is -0.351 e. The van der Waals surface area contributed by atoms with E-state index in [0.717, 1.165) is 24.4 Å². The zero-order chi connectivity index (χ0) is 13.7. The molecule has 0 spiro atoms. The fraction of sp³-hybridized carbons (Fsp3) is 0.308. The van der Waals surface area contributed by atoms with E-state index in [1.165, 1.54) is 12.1 Å². The molecule has 0 radical (unpaired) electrons. The van der Waals surface area contributed by atoms with E-state index < -0.39 is 0 Å². The summed E-state index contributed by atoms with van der Waals surface area (Å²) in [5, 5.41) is 6.78. The first-order valence-corrected chi connectivity index (χ1v) is 6.86. The number of nitrogens with zero attached hydrogens (tertiary/aromatic N) is 2. The van der Waals surface area contributed by atoms with Gasteiger partial charge >= 0.3 is 0 Å². The molecule has 6 heteroatoms. The maximum Gasteiger partial charge on any atom is 0.265 e. The van der Waals surface area contributed by atoms with Crippen molar-refractivity contribution in [1.82, 2.24) is 14.9 Å². The van der Waals surface area contributed by atoms with Crippen LogP contribution in [0.2, 0.25) is 0 Å². The molecule has 0 aliphatic carbocycles. The Balaban J connectivity index is 2.17. The van der Waals surface area contributed by atoms with E-state index in [9.17, 15) is 9.18 Å². The van der Waals surface area contributed by atoms with Gasteiger partial charge in [0.15, 0.2) is 0 Å². The molecular formula is C13H14FN3OS. The van der Waals surface area contributed by atoms with Crippen LogP contribution in [0.25, 0.3) is 11.3 Å². The summed E-state index contributed by atoms with van der Waals surface area (Å²) in [7, 11) is 0. The number of aromatic nitrogens is 2. The van der Waals surface area contributed by atoms with Gasteiger partial charge in [-0.1, -0.05) is 17.8 Å². The van der Waals surface area contributed by atoms with Crippen molar-refractivity contribution < 1.29 is 9.18 Å². The van der Waals surface area contributed by atoms with Gasteiger partial charge in [0.1, 0.15) is 16.4 Å². The van der Waals surface area contributed by atoms with Crippen LogP contribution >= 0.6 is 11.5 Å². The Morgan fingerprint density at radius 1 is 1.37 bits per heavy atom. The number of nitrogens with one attached hydrogen (secondary N) is 1. The maximum absolute atomic E-state index is 12.9. The van der Waals surface area contributed by atoms with Crippen LogP contribution < -0.4 is 5.32 Å². The highest BCUT2D eigenvalue weighted by Gasteiger charge is 2.17. The first-order valence-electron chi connectivity index (χ1n) is 6.09. The van der Waals surface area contributed by atoms with Crippen LogP contribution in [-0.4, -0.2) is 22.0 Å². The average Bonchev–Trinajstić information content (AvgIpc) is 2.89. The third-order valence-corrected chi connectivity index (χ3v) is 3.35. The molecular weight excluding hydrogens is 265 g/mol. The summed E-state index contributed by atoms with van der Waals surface area (Å²) in [5.41, 5.74) is 1.19. The van der Waals surface area contributed by atoms with Crippen molar-refractivity contribution >= 4 is 17.4 Å². The Hall–Kier alpha value is -1.82. The van der Waals surface area contributed by atoms with Crippen molar-refractivity contribution in [3.8, 4) is 11.3 Å². The zero-order valence-corrected chi connectivity index (χ0v) is 11.3. The van der Waals surface area contributed by atoms with Gasteiger partial charge in [0.25, 0.3) is 5.91 Å². The van der Waals surface area contributed by atoms with E-state index in [1.54, 1.807) is 12.1 Å². The second-order valence-electron chi connectivity index (χ2n) is 4.07. The topological polar surface area (TPSA) is 54.9 Å². The first-order chi connectivity index (χ1) is 9.22. The van der Waals surface area contributed by atoms with Crippen LogP contribution in [0.1, 0.15) is 29.4 Å². The highest BCUT2D eigenvalue weighted by atomic mass is 32.1. The molecule has 1 heterocycles. The Morgan fingerprint density at radius 3 is 2.79 bits per heavy atom. The molecule has 1 aromatic heterocycles. The molecule has 0 aliphatic heterocycles. The third-order valence-electron chi connectivity index (χ3n) is 2.63. The lowest BCUT2D eigenvalue weighted by molar-refractivity contribution is 0.0957. The minimum absolute atomic E-state index is 0.178. The third kappa shape index (κ3) is 3.35. The van der Waals surface area contributed by atoms with Crippen LogP contribution in [0.15, 0.2) is 24.3 Å². The lowest BCUT2D eigenvalue weighted by atomic mass is 10.1. The fourth-order valence-electron chi connectivity index (χ4n) is 1.60. The number of halogens is 1. The van der Waals surface area contributed by atoms with Crippen molar-refractivity contribution in [3.05, 3.63) is 35.0 Å². The lowest BCUT2D eigenvalue weighted by Crippen LogP contribution is -2.23. The maximum atomic E-state index is 12.9. The smallest absolute Gasteiger partial charge is 0.265 e. The lowest BCUT2D eigenvalue weighted by Gasteiger charge is -2.03. The van der Waals surface area contributed by atoms with E-state index in [2.05, 4.69) is 21.8 Å². The average molecular weight is 279 g/mol. The van der Waals surface area contributed by atoms with Gasteiger partial charge in [-0.3, -0.25) is 4.79 Å². The van der Waals surface area contributed by atoms with Crippen LogP contribution in [-0.2, 0) is 0 Å². The van der Waals surface area contributed by atoms with Gasteiger partial charge < -0.3 is 5.32 Å². The molecule has 0 aliphatic rings. The molecule has 0 bridgehead atoms. The molecule has 0 unspecified atom stereocenters. The summed E-state index contributed by atoms with van der Waals surface area (Å²) >= 11 is 1.05. The monoisotopic (exact) mass is 279 g/mol. The molecule has 0 fully saturated rings. The number of rotatable bonds is 5. The largest absolute Gasteiger partial charge is 0.351 e. The molecule has 100 valence electrons.